The van der Waals surface area contributed by atoms with Crippen LogP contribution in [-0.4, -0.2) is 25.8 Å². The molecular weight excluding hydrogens is 236 g/mol. The van der Waals surface area contributed by atoms with Crippen molar-refractivity contribution in [3.8, 4) is 0 Å². The summed E-state index contributed by atoms with van der Waals surface area (Å²) in [5, 5.41) is 3.27. The molecule has 4 heteroatoms. The predicted molar refractivity (Wildman–Crippen MR) is 68.6 cm³/mol. The summed E-state index contributed by atoms with van der Waals surface area (Å²) in [6, 6.07) is 4.39. The Hall–Kier alpha value is -1.00. The molecule has 102 valence electrons. The first-order chi connectivity index (χ1) is 8.58. The number of hydrogen-bond acceptors (Lipinski definition) is 2. The molecule has 1 aromatic rings. The van der Waals surface area contributed by atoms with Crippen LogP contribution in [0.5, 0.6) is 0 Å². The molecule has 0 spiro atoms. The van der Waals surface area contributed by atoms with Gasteiger partial charge < -0.3 is 10.1 Å². The number of nitrogens with one attached hydrogen (secondary N) is 1. The first-order valence-corrected chi connectivity index (χ1v) is 6.27. The molecule has 18 heavy (non-hydrogen) atoms. The van der Waals surface area contributed by atoms with Crippen molar-refractivity contribution >= 4 is 0 Å². The SMILES string of the molecule is CCNC(Cc1cccc(F)c1F)CC(C)OC. The van der Waals surface area contributed by atoms with Gasteiger partial charge in [-0.3, -0.25) is 0 Å². The van der Waals surface area contributed by atoms with Gasteiger partial charge in [0.1, 0.15) is 0 Å². The zero-order valence-electron chi connectivity index (χ0n) is 11.2. The first-order valence-electron chi connectivity index (χ1n) is 6.27. The normalized spacial score (nSPS) is 14.5. The van der Waals surface area contributed by atoms with Crippen molar-refractivity contribution in [2.45, 2.75) is 38.8 Å². The highest BCUT2D eigenvalue weighted by molar-refractivity contribution is 5.20. The summed E-state index contributed by atoms with van der Waals surface area (Å²) in [6.45, 7) is 4.75. The zero-order valence-corrected chi connectivity index (χ0v) is 11.2. The lowest BCUT2D eigenvalue weighted by Crippen LogP contribution is -2.34. The van der Waals surface area contributed by atoms with Gasteiger partial charge in [0.05, 0.1) is 6.10 Å². The summed E-state index contributed by atoms with van der Waals surface area (Å²) in [4.78, 5) is 0. The number of likely N-dealkylation sites (N-methyl/N-ethyl adjacent to an activating group) is 1. The van der Waals surface area contributed by atoms with Crippen LogP contribution in [0.4, 0.5) is 8.78 Å². The number of methoxy groups -OCH3 is 1. The maximum absolute atomic E-state index is 13.6. The van der Waals surface area contributed by atoms with Crippen molar-refractivity contribution in [3.63, 3.8) is 0 Å². The van der Waals surface area contributed by atoms with E-state index in [1.807, 2.05) is 13.8 Å². The van der Waals surface area contributed by atoms with Crippen molar-refractivity contribution in [1.29, 1.82) is 0 Å². The molecule has 0 bridgehead atoms. The molecule has 2 nitrogen and oxygen atoms in total. The summed E-state index contributed by atoms with van der Waals surface area (Å²) in [7, 11) is 1.65. The minimum atomic E-state index is -0.789. The topological polar surface area (TPSA) is 21.3 Å². The van der Waals surface area contributed by atoms with Crippen LogP contribution in [0.2, 0.25) is 0 Å². The molecule has 2 atom stereocenters. The van der Waals surface area contributed by atoms with Gasteiger partial charge in [0.25, 0.3) is 0 Å². The molecule has 0 aliphatic rings. The Morgan fingerprint density at radius 1 is 1.33 bits per heavy atom. The van der Waals surface area contributed by atoms with Crippen LogP contribution in [0.25, 0.3) is 0 Å². The summed E-state index contributed by atoms with van der Waals surface area (Å²) >= 11 is 0. The number of hydrogen-bond donors (Lipinski definition) is 1. The van der Waals surface area contributed by atoms with E-state index in [-0.39, 0.29) is 12.1 Å². The van der Waals surface area contributed by atoms with E-state index in [2.05, 4.69) is 5.32 Å². The molecule has 0 saturated heterocycles. The molecule has 0 saturated carbocycles. The van der Waals surface area contributed by atoms with Gasteiger partial charge in [-0.25, -0.2) is 8.78 Å². The smallest absolute Gasteiger partial charge is 0.162 e. The molecule has 0 fully saturated rings. The van der Waals surface area contributed by atoms with Crippen LogP contribution in [0, 0.1) is 11.6 Å². The van der Waals surface area contributed by atoms with Gasteiger partial charge >= 0.3 is 0 Å². The molecule has 0 aliphatic carbocycles. The number of ether oxygens (including phenoxy) is 1. The lowest BCUT2D eigenvalue weighted by atomic mass is 10.0. The van der Waals surface area contributed by atoms with E-state index in [4.69, 9.17) is 4.74 Å². The quantitative estimate of drug-likeness (QED) is 0.811. The van der Waals surface area contributed by atoms with Gasteiger partial charge in [-0.2, -0.15) is 0 Å². The predicted octanol–water partition coefficient (Wildman–Crippen LogP) is 2.91. The third-order valence-corrected chi connectivity index (χ3v) is 3.01. The molecule has 0 aliphatic heterocycles. The third-order valence-electron chi connectivity index (χ3n) is 3.01. The van der Waals surface area contributed by atoms with Crippen molar-refractivity contribution in [1.82, 2.24) is 5.32 Å². The summed E-state index contributed by atoms with van der Waals surface area (Å²) in [5.41, 5.74) is 0.407. The second kappa shape index (κ2) is 7.44. The van der Waals surface area contributed by atoms with Crippen LogP contribution in [-0.2, 0) is 11.2 Å². The Kier molecular flexibility index (Phi) is 6.22. The largest absolute Gasteiger partial charge is 0.382 e. The fraction of sp³-hybridized carbons (Fsp3) is 0.571. The Bertz CT molecular complexity index is 371. The maximum atomic E-state index is 13.6. The molecule has 1 rings (SSSR count). The molecule has 0 amide bonds. The Morgan fingerprint density at radius 2 is 2.06 bits per heavy atom. The van der Waals surface area contributed by atoms with Gasteiger partial charge in [-0.05, 0) is 37.9 Å². The number of rotatable bonds is 7. The highest BCUT2D eigenvalue weighted by atomic mass is 19.2. The second-order valence-corrected chi connectivity index (χ2v) is 4.45. The summed E-state index contributed by atoms with van der Waals surface area (Å²) in [5.74, 6) is -1.53. The monoisotopic (exact) mass is 257 g/mol. The first kappa shape index (κ1) is 15.1. The molecule has 2 unspecified atom stereocenters. The third kappa shape index (κ3) is 4.35. The van der Waals surface area contributed by atoms with Crippen LogP contribution >= 0.6 is 0 Å². The van der Waals surface area contributed by atoms with E-state index in [1.165, 1.54) is 6.07 Å². The Balaban J connectivity index is 2.73. The average Bonchev–Trinajstić information content (AvgIpc) is 2.35. The van der Waals surface area contributed by atoms with Crippen LogP contribution < -0.4 is 5.32 Å². The van der Waals surface area contributed by atoms with Gasteiger partial charge in [-0.15, -0.1) is 0 Å². The maximum Gasteiger partial charge on any atom is 0.162 e. The molecule has 0 aromatic heterocycles. The lowest BCUT2D eigenvalue weighted by Gasteiger charge is -2.21. The number of halogens is 2. The van der Waals surface area contributed by atoms with Crippen molar-refractivity contribution in [3.05, 3.63) is 35.4 Å². The van der Waals surface area contributed by atoms with E-state index in [1.54, 1.807) is 13.2 Å². The Labute approximate surface area is 107 Å². The second-order valence-electron chi connectivity index (χ2n) is 4.45. The minimum Gasteiger partial charge on any atom is -0.382 e. The molecule has 1 N–H and O–H groups in total. The van der Waals surface area contributed by atoms with E-state index in [0.717, 1.165) is 19.0 Å². The highest BCUT2D eigenvalue weighted by Gasteiger charge is 2.16. The van der Waals surface area contributed by atoms with Crippen molar-refractivity contribution < 1.29 is 13.5 Å². The van der Waals surface area contributed by atoms with Crippen molar-refractivity contribution in [2.24, 2.45) is 0 Å². The standard InChI is InChI=1S/C14H21F2NO/c1-4-17-12(8-10(2)18-3)9-11-6-5-7-13(15)14(11)16/h5-7,10,12,17H,4,8-9H2,1-3H3. The van der Waals surface area contributed by atoms with Crippen LogP contribution in [0.3, 0.4) is 0 Å². The highest BCUT2D eigenvalue weighted by Crippen LogP contribution is 2.15. The van der Waals surface area contributed by atoms with Gasteiger partial charge in [0.15, 0.2) is 11.6 Å². The summed E-state index contributed by atoms with van der Waals surface area (Å²) < 4.78 is 31.9. The van der Waals surface area contributed by atoms with E-state index in [9.17, 15) is 8.78 Å². The zero-order chi connectivity index (χ0) is 13.5. The minimum absolute atomic E-state index is 0.0845. The van der Waals surface area contributed by atoms with Gasteiger partial charge in [0.2, 0.25) is 0 Å². The average molecular weight is 257 g/mol. The Morgan fingerprint density at radius 3 is 2.67 bits per heavy atom. The lowest BCUT2D eigenvalue weighted by molar-refractivity contribution is 0.100. The van der Waals surface area contributed by atoms with Crippen molar-refractivity contribution in [2.75, 3.05) is 13.7 Å². The molecule has 0 heterocycles. The number of benzene rings is 1. The molecule has 1 aromatic carbocycles. The van der Waals surface area contributed by atoms with Gasteiger partial charge in [0, 0.05) is 13.2 Å². The fourth-order valence-corrected chi connectivity index (χ4v) is 2.00. The van der Waals surface area contributed by atoms with E-state index in [0.29, 0.717) is 12.0 Å². The fourth-order valence-electron chi connectivity index (χ4n) is 2.00. The molecule has 0 radical (unpaired) electrons. The van der Waals surface area contributed by atoms with E-state index < -0.39 is 11.6 Å². The van der Waals surface area contributed by atoms with Gasteiger partial charge in [-0.1, -0.05) is 19.1 Å². The van der Waals surface area contributed by atoms with E-state index >= 15 is 0 Å². The molecular formula is C14H21F2NO. The van der Waals surface area contributed by atoms with Crippen LogP contribution in [0.15, 0.2) is 18.2 Å². The van der Waals surface area contributed by atoms with Crippen LogP contribution in [0.1, 0.15) is 25.8 Å². The summed E-state index contributed by atoms with van der Waals surface area (Å²) in [6.07, 6.45) is 1.32.